The van der Waals surface area contributed by atoms with Gasteiger partial charge in [-0.2, -0.15) is 0 Å². The van der Waals surface area contributed by atoms with Crippen LogP contribution in [0, 0.1) is 0 Å². The van der Waals surface area contributed by atoms with Gasteiger partial charge in [-0.1, -0.05) is 51.1 Å². The molecule has 5 nitrogen and oxygen atoms in total. The third-order valence-corrected chi connectivity index (χ3v) is 4.86. The zero-order valence-electron chi connectivity index (χ0n) is 18.2. The Hall–Kier alpha value is -3.21. The van der Waals surface area contributed by atoms with E-state index < -0.39 is 0 Å². The van der Waals surface area contributed by atoms with Gasteiger partial charge in [0.1, 0.15) is 11.5 Å². The second-order valence-electron chi connectivity index (χ2n) is 8.27. The number of anilines is 1. The molecule has 0 fully saturated rings. The summed E-state index contributed by atoms with van der Waals surface area (Å²) in [5.74, 6) is 2.82. The van der Waals surface area contributed by atoms with E-state index in [4.69, 9.17) is 13.9 Å². The van der Waals surface area contributed by atoms with Crippen molar-refractivity contribution in [1.82, 2.24) is 0 Å². The zero-order valence-corrected chi connectivity index (χ0v) is 18.2. The molecule has 3 aromatic rings. The summed E-state index contributed by atoms with van der Waals surface area (Å²) in [5.41, 5.74) is 2.46. The van der Waals surface area contributed by atoms with Gasteiger partial charge in [0.2, 0.25) is 5.91 Å². The van der Waals surface area contributed by atoms with Crippen molar-refractivity contribution < 1.29 is 18.7 Å². The van der Waals surface area contributed by atoms with Crippen LogP contribution < -0.4 is 14.8 Å². The largest absolute Gasteiger partial charge is 0.493 e. The van der Waals surface area contributed by atoms with Crippen LogP contribution in [0.2, 0.25) is 0 Å². The van der Waals surface area contributed by atoms with Crippen molar-refractivity contribution >= 4 is 11.6 Å². The molecule has 30 heavy (non-hydrogen) atoms. The Kier molecular flexibility index (Phi) is 6.50. The molecule has 0 aliphatic carbocycles. The third kappa shape index (κ3) is 5.23. The van der Waals surface area contributed by atoms with Crippen molar-refractivity contribution in [2.45, 2.75) is 39.0 Å². The molecule has 0 atom stereocenters. The van der Waals surface area contributed by atoms with Crippen molar-refractivity contribution in [3.63, 3.8) is 0 Å². The Morgan fingerprint density at radius 3 is 2.23 bits per heavy atom. The lowest BCUT2D eigenvalue weighted by Crippen LogP contribution is -2.16. The first-order valence-corrected chi connectivity index (χ1v) is 9.98. The number of nitrogens with one attached hydrogen (secondary N) is 1. The monoisotopic (exact) mass is 407 g/mol. The maximum atomic E-state index is 12.7. The Morgan fingerprint density at radius 1 is 0.967 bits per heavy atom. The minimum atomic E-state index is -0.0931. The topological polar surface area (TPSA) is 60.7 Å². The van der Waals surface area contributed by atoms with E-state index in [-0.39, 0.29) is 11.3 Å². The van der Waals surface area contributed by atoms with Gasteiger partial charge in [-0.25, -0.2) is 0 Å². The predicted molar refractivity (Wildman–Crippen MR) is 119 cm³/mol. The highest BCUT2D eigenvalue weighted by Gasteiger charge is 2.20. The van der Waals surface area contributed by atoms with Crippen LogP contribution in [0.25, 0.3) is 0 Å². The summed E-state index contributed by atoms with van der Waals surface area (Å²) in [6.07, 6.45) is 0.820. The number of carbonyl (C=O) groups excluding carboxylic acids is 1. The lowest BCUT2D eigenvalue weighted by molar-refractivity contribution is -0.115. The fraction of sp³-hybridized carbons (Fsp3) is 0.320. The molecule has 0 aliphatic rings. The van der Waals surface area contributed by atoms with Crippen LogP contribution >= 0.6 is 0 Å². The van der Waals surface area contributed by atoms with Crippen molar-refractivity contribution in [3.8, 4) is 11.5 Å². The van der Waals surface area contributed by atoms with Gasteiger partial charge < -0.3 is 19.2 Å². The number of methoxy groups -OCH3 is 2. The van der Waals surface area contributed by atoms with E-state index >= 15 is 0 Å². The normalized spacial score (nSPS) is 11.2. The summed E-state index contributed by atoms with van der Waals surface area (Å²) < 4.78 is 16.9. The zero-order chi connectivity index (χ0) is 21.7. The number of ether oxygens (including phenoxy) is 2. The Labute approximate surface area is 178 Å². The second-order valence-corrected chi connectivity index (χ2v) is 8.27. The van der Waals surface area contributed by atoms with E-state index in [1.54, 1.807) is 20.3 Å². The Balaban J connectivity index is 1.88. The number of carbonyl (C=O) groups is 1. The lowest BCUT2D eigenvalue weighted by Gasteiger charge is -2.16. The van der Waals surface area contributed by atoms with Crippen LogP contribution in [0.15, 0.2) is 59.0 Å². The number of amides is 1. The molecule has 0 unspecified atom stereocenters. The lowest BCUT2D eigenvalue weighted by atomic mass is 9.94. The van der Waals surface area contributed by atoms with E-state index in [9.17, 15) is 4.79 Å². The Morgan fingerprint density at radius 2 is 1.63 bits per heavy atom. The average Bonchev–Trinajstić information content (AvgIpc) is 3.18. The van der Waals surface area contributed by atoms with Gasteiger partial charge in [-0.3, -0.25) is 4.79 Å². The first kappa shape index (κ1) is 21.5. The highest BCUT2D eigenvalue weighted by atomic mass is 16.5. The minimum Gasteiger partial charge on any atom is -0.493 e. The van der Waals surface area contributed by atoms with E-state index in [0.29, 0.717) is 30.0 Å². The van der Waals surface area contributed by atoms with Crippen LogP contribution in [-0.2, 0) is 23.1 Å². The van der Waals surface area contributed by atoms with Gasteiger partial charge >= 0.3 is 0 Å². The molecule has 0 saturated carbocycles. The van der Waals surface area contributed by atoms with E-state index in [0.717, 1.165) is 22.6 Å². The smallest absolute Gasteiger partial charge is 0.228 e. The van der Waals surface area contributed by atoms with E-state index in [1.807, 2.05) is 48.5 Å². The van der Waals surface area contributed by atoms with E-state index in [2.05, 4.69) is 26.1 Å². The van der Waals surface area contributed by atoms with Crippen LogP contribution in [0.4, 0.5) is 5.69 Å². The van der Waals surface area contributed by atoms with Crippen molar-refractivity contribution in [2.75, 3.05) is 19.5 Å². The Bertz CT molecular complexity index is 1000. The van der Waals surface area contributed by atoms with Crippen LogP contribution in [0.5, 0.6) is 11.5 Å². The van der Waals surface area contributed by atoms with Crippen molar-refractivity contribution in [1.29, 1.82) is 0 Å². The molecule has 3 rings (SSSR count). The highest BCUT2D eigenvalue weighted by molar-refractivity contribution is 5.93. The molecular formula is C25H29NO4. The van der Waals surface area contributed by atoms with Gasteiger partial charge in [0, 0.05) is 23.6 Å². The first-order chi connectivity index (χ1) is 14.3. The first-order valence-electron chi connectivity index (χ1n) is 9.98. The summed E-state index contributed by atoms with van der Waals surface area (Å²) >= 11 is 0. The summed E-state index contributed by atoms with van der Waals surface area (Å²) in [6, 6.07) is 17.3. The molecule has 1 N–H and O–H groups in total. The molecule has 0 spiro atoms. The van der Waals surface area contributed by atoms with Gasteiger partial charge in [-0.15, -0.1) is 0 Å². The number of hydrogen-bond acceptors (Lipinski definition) is 4. The maximum absolute atomic E-state index is 12.7. The molecule has 1 aromatic heterocycles. The SMILES string of the molecule is COc1cc(Cc2ccc(C(C)(C)C)o2)c(NC(=O)Cc2ccccc2)cc1OC. The standard InChI is InChI=1S/C25H29NO4/c1-25(2,3)23-12-11-19(30-23)14-18-15-21(28-4)22(29-5)16-20(18)26-24(27)13-17-9-7-6-8-10-17/h6-12,15-16H,13-14H2,1-5H3,(H,26,27). The molecular weight excluding hydrogens is 378 g/mol. The summed E-state index contributed by atoms with van der Waals surface area (Å²) in [4.78, 5) is 12.7. The molecule has 0 bridgehead atoms. The van der Waals surface area contributed by atoms with Crippen molar-refractivity contribution in [2.24, 2.45) is 0 Å². The summed E-state index contributed by atoms with van der Waals surface area (Å²) in [6.45, 7) is 6.34. The predicted octanol–water partition coefficient (Wildman–Crippen LogP) is 5.37. The number of benzene rings is 2. The van der Waals surface area contributed by atoms with Crippen molar-refractivity contribution in [3.05, 3.63) is 77.2 Å². The molecule has 0 radical (unpaired) electrons. The van der Waals surface area contributed by atoms with Gasteiger partial charge in [0.05, 0.1) is 20.6 Å². The van der Waals surface area contributed by atoms with Gasteiger partial charge in [0.25, 0.3) is 0 Å². The molecule has 2 aromatic carbocycles. The minimum absolute atomic E-state index is 0.0669. The van der Waals surface area contributed by atoms with Crippen LogP contribution in [-0.4, -0.2) is 20.1 Å². The summed E-state index contributed by atoms with van der Waals surface area (Å²) in [7, 11) is 3.18. The van der Waals surface area contributed by atoms with Crippen LogP contribution in [0.3, 0.4) is 0 Å². The fourth-order valence-corrected chi connectivity index (χ4v) is 3.22. The number of furan rings is 1. The highest BCUT2D eigenvalue weighted by Crippen LogP contribution is 2.35. The molecule has 1 amide bonds. The van der Waals surface area contributed by atoms with Gasteiger partial charge in [-0.05, 0) is 29.3 Å². The molecule has 158 valence electrons. The fourth-order valence-electron chi connectivity index (χ4n) is 3.22. The van der Waals surface area contributed by atoms with Gasteiger partial charge in [0.15, 0.2) is 11.5 Å². The maximum Gasteiger partial charge on any atom is 0.228 e. The summed E-state index contributed by atoms with van der Waals surface area (Å²) in [5, 5.41) is 3.03. The molecule has 5 heteroatoms. The molecule has 0 aliphatic heterocycles. The molecule has 0 saturated heterocycles. The molecule has 1 heterocycles. The third-order valence-electron chi connectivity index (χ3n) is 4.86. The second kappa shape index (κ2) is 9.08. The average molecular weight is 408 g/mol. The van der Waals surface area contributed by atoms with Crippen LogP contribution in [0.1, 0.15) is 43.4 Å². The number of rotatable bonds is 7. The quantitative estimate of drug-likeness (QED) is 0.572. The van der Waals surface area contributed by atoms with E-state index in [1.165, 1.54) is 0 Å². The number of hydrogen-bond donors (Lipinski definition) is 1.